The molecule has 0 aromatic carbocycles. The van der Waals surface area contributed by atoms with Crippen LogP contribution in [0, 0.1) is 18.3 Å². The fourth-order valence-corrected chi connectivity index (χ4v) is 1.46. The topological polar surface area (TPSA) is 49.6 Å². The molecule has 0 saturated carbocycles. The first kappa shape index (κ1) is 12.6. The van der Waals surface area contributed by atoms with Gasteiger partial charge in [0.25, 0.3) is 0 Å². The van der Waals surface area contributed by atoms with E-state index in [1.807, 2.05) is 19.9 Å². The van der Waals surface area contributed by atoms with Crippen molar-refractivity contribution in [1.29, 1.82) is 5.26 Å². The lowest BCUT2D eigenvalue weighted by Crippen LogP contribution is -2.17. The summed E-state index contributed by atoms with van der Waals surface area (Å²) in [7, 11) is 0. The summed E-state index contributed by atoms with van der Waals surface area (Å²) in [6.07, 6.45) is 0.754. The molecule has 0 N–H and O–H groups in total. The van der Waals surface area contributed by atoms with Gasteiger partial charge in [-0.3, -0.25) is 0 Å². The van der Waals surface area contributed by atoms with Crippen LogP contribution in [0.15, 0.2) is 6.07 Å². The Morgan fingerprint density at radius 2 is 2.00 bits per heavy atom. The van der Waals surface area contributed by atoms with Gasteiger partial charge >= 0.3 is 0 Å². The van der Waals surface area contributed by atoms with Crippen molar-refractivity contribution < 1.29 is 0 Å². The third-order valence-corrected chi connectivity index (χ3v) is 2.52. The van der Waals surface area contributed by atoms with E-state index in [9.17, 15) is 0 Å². The number of hydrogen-bond donors (Lipinski definition) is 0. The van der Waals surface area contributed by atoms with Crippen molar-refractivity contribution in [3.05, 3.63) is 23.3 Å². The fraction of sp³-hybridized carbons (Fsp3) is 0.615. The highest BCUT2D eigenvalue weighted by molar-refractivity contribution is 5.20. The van der Waals surface area contributed by atoms with Gasteiger partial charge in [-0.1, -0.05) is 27.7 Å². The van der Waals surface area contributed by atoms with E-state index in [0.717, 1.165) is 17.8 Å². The van der Waals surface area contributed by atoms with Gasteiger partial charge in [0.2, 0.25) is 0 Å². The molecule has 1 atom stereocenters. The van der Waals surface area contributed by atoms with Crippen molar-refractivity contribution in [1.82, 2.24) is 9.97 Å². The van der Waals surface area contributed by atoms with E-state index >= 15 is 0 Å². The van der Waals surface area contributed by atoms with Gasteiger partial charge in [0.15, 0.2) is 0 Å². The molecular weight excluding hydrogens is 198 g/mol. The van der Waals surface area contributed by atoms with Gasteiger partial charge in [0.05, 0.1) is 6.07 Å². The van der Waals surface area contributed by atoms with E-state index < -0.39 is 0 Å². The van der Waals surface area contributed by atoms with E-state index in [1.165, 1.54) is 0 Å². The van der Waals surface area contributed by atoms with E-state index in [2.05, 4.69) is 36.8 Å². The Bertz CT molecular complexity index is 410. The van der Waals surface area contributed by atoms with Gasteiger partial charge < -0.3 is 0 Å². The van der Waals surface area contributed by atoms with Crippen LogP contribution in [0.5, 0.6) is 0 Å². The molecule has 86 valence electrons. The molecule has 0 aliphatic heterocycles. The molecule has 0 radical (unpaired) electrons. The third kappa shape index (κ3) is 2.79. The summed E-state index contributed by atoms with van der Waals surface area (Å²) in [6.45, 7) is 10.3. The van der Waals surface area contributed by atoms with E-state index in [-0.39, 0.29) is 11.3 Å². The summed E-state index contributed by atoms with van der Waals surface area (Å²) in [5.74, 6) is 0.468. The number of aryl methyl sites for hydroxylation is 1. The Labute approximate surface area is 97.5 Å². The molecule has 0 spiro atoms. The fourth-order valence-electron chi connectivity index (χ4n) is 1.46. The lowest BCUT2D eigenvalue weighted by atomic mass is 9.91. The number of nitrogens with zero attached hydrogens (tertiary/aromatic N) is 3. The minimum absolute atomic E-state index is 0.00377. The highest BCUT2D eigenvalue weighted by Crippen LogP contribution is 2.23. The standard InChI is InChI=1S/C13H19N3/c1-6-10(8-14)12-15-9(2)7-11(16-12)13(3,4)5/h7,10H,6H2,1-5H3. The molecule has 1 unspecified atom stereocenters. The van der Waals surface area contributed by atoms with Crippen molar-refractivity contribution in [2.45, 2.75) is 52.4 Å². The summed E-state index contributed by atoms with van der Waals surface area (Å²) in [4.78, 5) is 8.87. The van der Waals surface area contributed by atoms with E-state index in [0.29, 0.717) is 5.82 Å². The van der Waals surface area contributed by atoms with Gasteiger partial charge in [0, 0.05) is 16.8 Å². The Morgan fingerprint density at radius 3 is 2.44 bits per heavy atom. The number of aromatic nitrogens is 2. The van der Waals surface area contributed by atoms with Crippen molar-refractivity contribution in [3.63, 3.8) is 0 Å². The SMILES string of the molecule is CCC(C#N)c1nc(C)cc(C(C)(C)C)n1. The minimum atomic E-state index is -0.194. The zero-order chi connectivity index (χ0) is 12.3. The number of nitriles is 1. The van der Waals surface area contributed by atoms with Crippen LogP contribution in [0.1, 0.15) is 57.2 Å². The lowest BCUT2D eigenvalue weighted by molar-refractivity contribution is 0.556. The average molecular weight is 217 g/mol. The van der Waals surface area contributed by atoms with Crippen LogP contribution >= 0.6 is 0 Å². The molecule has 1 aromatic rings. The molecule has 0 aliphatic carbocycles. The second kappa shape index (κ2) is 4.61. The van der Waals surface area contributed by atoms with Crippen LogP contribution in [0.25, 0.3) is 0 Å². The van der Waals surface area contributed by atoms with Crippen molar-refractivity contribution >= 4 is 0 Å². The number of hydrogen-bond acceptors (Lipinski definition) is 3. The molecule has 1 heterocycles. The van der Waals surface area contributed by atoms with Crippen molar-refractivity contribution in [2.75, 3.05) is 0 Å². The minimum Gasteiger partial charge on any atom is -0.237 e. The molecule has 0 aliphatic rings. The Morgan fingerprint density at radius 1 is 1.38 bits per heavy atom. The maximum atomic E-state index is 9.03. The first-order valence-corrected chi connectivity index (χ1v) is 5.64. The van der Waals surface area contributed by atoms with E-state index in [4.69, 9.17) is 5.26 Å². The lowest BCUT2D eigenvalue weighted by Gasteiger charge is -2.19. The molecular formula is C13H19N3. The Hall–Kier alpha value is -1.43. The van der Waals surface area contributed by atoms with Gasteiger partial charge in [-0.05, 0) is 19.4 Å². The van der Waals surface area contributed by atoms with Crippen LogP contribution in [0.3, 0.4) is 0 Å². The van der Waals surface area contributed by atoms with E-state index in [1.54, 1.807) is 0 Å². The largest absolute Gasteiger partial charge is 0.237 e. The number of rotatable bonds is 2. The first-order valence-electron chi connectivity index (χ1n) is 5.64. The predicted molar refractivity (Wildman–Crippen MR) is 64.1 cm³/mol. The molecule has 0 amide bonds. The quantitative estimate of drug-likeness (QED) is 0.764. The summed E-state index contributed by atoms with van der Waals surface area (Å²) >= 11 is 0. The molecule has 16 heavy (non-hydrogen) atoms. The van der Waals surface area contributed by atoms with Crippen LogP contribution < -0.4 is 0 Å². The zero-order valence-corrected chi connectivity index (χ0v) is 10.7. The molecule has 3 heteroatoms. The molecule has 3 nitrogen and oxygen atoms in total. The van der Waals surface area contributed by atoms with Crippen LogP contribution in [0.4, 0.5) is 0 Å². The summed E-state index contributed by atoms with van der Waals surface area (Å²) in [5, 5.41) is 9.03. The van der Waals surface area contributed by atoms with Crippen molar-refractivity contribution in [2.24, 2.45) is 0 Å². The average Bonchev–Trinajstić information content (AvgIpc) is 2.17. The second-order valence-corrected chi connectivity index (χ2v) is 5.09. The Balaban J connectivity index is 3.24. The molecule has 0 bridgehead atoms. The molecule has 1 rings (SSSR count). The van der Waals surface area contributed by atoms with Crippen LogP contribution in [-0.2, 0) is 5.41 Å². The summed E-state index contributed by atoms with van der Waals surface area (Å²) in [5.41, 5.74) is 1.93. The monoisotopic (exact) mass is 217 g/mol. The predicted octanol–water partition coefficient (Wildman–Crippen LogP) is 3.10. The molecule has 1 aromatic heterocycles. The maximum absolute atomic E-state index is 9.03. The third-order valence-electron chi connectivity index (χ3n) is 2.52. The maximum Gasteiger partial charge on any atom is 0.145 e. The molecule has 0 saturated heterocycles. The normalized spacial score (nSPS) is 13.2. The second-order valence-electron chi connectivity index (χ2n) is 5.09. The first-order chi connectivity index (χ1) is 7.38. The van der Waals surface area contributed by atoms with Gasteiger partial charge in [-0.15, -0.1) is 0 Å². The van der Waals surface area contributed by atoms with Crippen LogP contribution in [-0.4, -0.2) is 9.97 Å². The molecule has 0 fully saturated rings. The zero-order valence-electron chi connectivity index (χ0n) is 10.7. The summed E-state index contributed by atoms with van der Waals surface area (Å²) in [6, 6.07) is 4.24. The Kier molecular flexibility index (Phi) is 3.64. The summed E-state index contributed by atoms with van der Waals surface area (Å²) < 4.78 is 0. The van der Waals surface area contributed by atoms with Crippen molar-refractivity contribution in [3.8, 4) is 6.07 Å². The smallest absolute Gasteiger partial charge is 0.145 e. The van der Waals surface area contributed by atoms with Crippen LogP contribution in [0.2, 0.25) is 0 Å². The highest BCUT2D eigenvalue weighted by Gasteiger charge is 2.19. The highest BCUT2D eigenvalue weighted by atomic mass is 14.9. The van der Waals surface area contributed by atoms with Gasteiger partial charge in [0.1, 0.15) is 11.7 Å². The van der Waals surface area contributed by atoms with Gasteiger partial charge in [-0.2, -0.15) is 5.26 Å². The van der Waals surface area contributed by atoms with Gasteiger partial charge in [-0.25, -0.2) is 9.97 Å².